The average Bonchev–Trinajstić information content (AvgIpc) is 2.78. The fraction of sp³-hybridized carbons (Fsp3) is 0.360. The minimum absolute atomic E-state index is 0.209. The number of aryl methyl sites for hydroxylation is 3. The second-order valence-electron chi connectivity index (χ2n) is 8.01. The first-order valence-corrected chi connectivity index (χ1v) is 12.5. The van der Waals surface area contributed by atoms with Gasteiger partial charge in [0.2, 0.25) is 10.0 Å². The van der Waals surface area contributed by atoms with Gasteiger partial charge in [-0.15, -0.1) is 0 Å². The van der Waals surface area contributed by atoms with Crippen LogP contribution in [0.15, 0.2) is 56.6 Å². The number of nitrogens with one attached hydrogen (secondary N) is 1. The highest BCUT2D eigenvalue weighted by Crippen LogP contribution is 2.29. The summed E-state index contributed by atoms with van der Waals surface area (Å²) >= 11 is 0. The van der Waals surface area contributed by atoms with Crippen LogP contribution in [0.2, 0.25) is 0 Å². The van der Waals surface area contributed by atoms with Crippen LogP contribution in [-0.2, 0) is 21.2 Å². The lowest BCUT2D eigenvalue weighted by Gasteiger charge is -2.11. The minimum Gasteiger partial charge on any atom is -0.426 e. The zero-order valence-electron chi connectivity index (χ0n) is 19.1. The number of carbonyl (C=O) groups excluding carboxylic acids is 1. The summed E-state index contributed by atoms with van der Waals surface area (Å²) in [6.45, 7) is 5.92. The quantitative estimate of drug-likeness (QED) is 0.203. The predicted molar refractivity (Wildman–Crippen MR) is 127 cm³/mol. The van der Waals surface area contributed by atoms with E-state index >= 15 is 0 Å². The summed E-state index contributed by atoms with van der Waals surface area (Å²) in [5, 5.41) is 0.836. The lowest BCUT2D eigenvalue weighted by atomic mass is 10.0. The first-order chi connectivity index (χ1) is 15.7. The van der Waals surface area contributed by atoms with E-state index < -0.39 is 15.6 Å². The molecule has 0 amide bonds. The highest BCUT2D eigenvalue weighted by atomic mass is 32.2. The number of rotatable bonds is 10. The van der Waals surface area contributed by atoms with Gasteiger partial charge in [-0.3, -0.25) is 4.79 Å². The lowest BCUT2D eigenvalue weighted by Crippen LogP contribution is -2.24. The Labute approximate surface area is 193 Å². The maximum Gasteiger partial charge on any atom is 0.336 e. The molecule has 0 bridgehead atoms. The summed E-state index contributed by atoms with van der Waals surface area (Å²) in [5.74, 6) is -0.0126. The zero-order chi connectivity index (χ0) is 24.0. The smallest absolute Gasteiger partial charge is 0.336 e. The van der Waals surface area contributed by atoms with Crippen molar-refractivity contribution >= 4 is 27.0 Å². The number of benzene rings is 2. The molecule has 0 aliphatic heterocycles. The molecule has 1 N–H and O–H groups in total. The van der Waals surface area contributed by atoms with Crippen LogP contribution in [0.4, 0.5) is 0 Å². The van der Waals surface area contributed by atoms with Gasteiger partial charge in [0.05, 0.1) is 4.90 Å². The van der Waals surface area contributed by atoms with Crippen molar-refractivity contribution in [2.24, 2.45) is 0 Å². The third-order valence-electron chi connectivity index (χ3n) is 5.48. The summed E-state index contributed by atoms with van der Waals surface area (Å²) < 4.78 is 37.9. The molecule has 0 radical (unpaired) electrons. The Morgan fingerprint density at radius 2 is 1.76 bits per heavy atom. The number of hydrogen-bond donors (Lipinski definition) is 1. The van der Waals surface area contributed by atoms with E-state index in [4.69, 9.17) is 9.15 Å². The van der Waals surface area contributed by atoms with Gasteiger partial charge in [0.15, 0.2) is 0 Å². The summed E-state index contributed by atoms with van der Waals surface area (Å²) in [7, 11) is -3.52. The molecule has 3 rings (SSSR count). The monoisotopic (exact) mass is 471 g/mol. The number of esters is 1. The average molecular weight is 472 g/mol. The van der Waals surface area contributed by atoms with Crippen LogP contribution in [0.3, 0.4) is 0 Å². The van der Waals surface area contributed by atoms with Gasteiger partial charge in [0.25, 0.3) is 0 Å². The molecule has 2 aromatic carbocycles. The van der Waals surface area contributed by atoms with E-state index in [1.165, 1.54) is 6.07 Å². The molecule has 0 aliphatic rings. The van der Waals surface area contributed by atoms with E-state index in [-0.39, 0.29) is 17.3 Å². The molecule has 8 heteroatoms. The molecule has 0 aliphatic carbocycles. The molecule has 0 spiro atoms. The Balaban J connectivity index is 1.47. The molecule has 0 atom stereocenters. The largest absolute Gasteiger partial charge is 0.426 e. The van der Waals surface area contributed by atoms with Crippen LogP contribution >= 0.6 is 0 Å². The fourth-order valence-electron chi connectivity index (χ4n) is 3.56. The van der Waals surface area contributed by atoms with Gasteiger partial charge in [-0.05, 0) is 62.9 Å². The second kappa shape index (κ2) is 10.8. The maximum absolute atomic E-state index is 12.3. The van der Waals surface area contributed by atoms with Crippen LogP contribution in [0.5, 0.6) is 5.75 Å². The Kier molecular flexibility index (Phi) is 8.05. The SMILES string of the molecule is CCc1cc(=O)oc2c(C)c(OC(=O)CCCCCNS(=O)(=O)c3ccc(C)cc3)ccc12. The van der Waals surface area contributed by atoms with Gasteiger partial charge in [-0.25, -0.2) is 17.9 Å². The molecular weight excluding hydrogens is 442 g/mol. The van der Waals surface area contributed by atoms with Crippen LogP contribution in [-0.4, -0.2) is 20.9 Å². The van der Waals surface area contributed by atoms with E-state index in [1.54, 1.807) is 43.3 Å². The molecule has 1 heterocycles. The second-order valence-corrected chi connectivity index (χ2v) is 9.77. The van der Waals surface area contributed by atoms with Crippen LogP contribution in [0, 0.1) is 13.8 Å². The standard InChI is InChI=1S/C25H29NO6S/c1-4-19-16-24(28)32-25-18(3)22(14-13-21(19)25)31-23(27)8-6-5-7-15-26-33(29,30)20-11-9-17(2)10-12-20/h9-14,16,26H,4-8,15H2,1-3H3. The number of sulfonamides is 1. The Bertz CT molecular complexity index is 1290. The van der Waals surface area contributed by atoms with Crippen molar-refractivity contribution in [2.45, 2.75) is 57.8 Å². The predicted octanol–water partition coefficient (Wildman–Crippen LogP) is 4.42. The zero-order valence-corrected chi connectivity index (χ0v) is 20.0. The van der Waals surface area contributed by atoms with Gasteiger partial charge >= 0.3 is 11.6 Å². The van der Waals surface area contributed by atoms with E-state index in [9.17, 15) is 18.0 Å². The Morgan fingerprint density at radius 1 is 1.03 bits per heavy atom. The third-order valence-corrected chi connectivity index (χ3v) is 6.96. The van der Waals surface area contributed by atoms with Gasteiger partial charge in [0.1, 0.15) is 11.3 Å². The highest BCUT2D eigenvalue weighted by molar-refractivity contribution is 7.89. The molecular formula is C25H29NO6S. The van der Waals surface area contributed by atoms with Crippen molar-refractivity contribution < 1.29 is 22.4 Å². The van der Waals surface area contributed by atoms with E-state index in [0.29, 0.717) is 49.1 Å². The van der Waals surface area contributed by atoms with Gasteiger partial charge in [-0.2, -0.15) is 0 Å². The van der Waals surface area contributed by atoms with Crippen LogP contribution in [0.25, 0.3) is 11.0 Å². The fourth-order valence-corrected chi connectivity index (χ4v) is 4.64. The molecule has 7 nitrogen and oxygen atoms in total. The number of hydrogen-bond acceptors (Lipinski definition) is 6. The number of ether oxygens (including phenoxy) is 1. The topological polar surface area (TPSA) is 103 Å². The van der Waals surface area contributed by atoms with Crippen molar-refractivity contribution in [3.05, 3.63) is 69.6 Å². The van der Waals surface area contributed by atoms with Crippen molar-refractivity contribution in [2.75, 3.05) is 6.54 Å². The van der Waals surface area contributed by atoms with E-state index in [2.05, 4.69) is 4.72 Å². The summed E-state index contributed by atoms with van der Waals surface area (Å²) in [6, 6.07) is 11.7. The summed E-state index contributed by atoms with van der Waals surface area (Å²) in [5.41, 5.74) is 2.50. The normalized spacial score (nSPS) is 11.6. The number of carbonyl (C=O) groups is 1. The van der Waals surface area contributed by atoms with Gasteiger partial charge in [-0.1, -0.05) is 31.0 Å². The van der Waals surface area contributed by atoms with Crippen LogP contribution < -0.4 is 15.1 Å². The molecule has 176 valence electrons. The third kappa shape index (κ3) is 6.30. The molecule has 0 fully saturated rings. The van der Waals surface area contributed by atoms with E-state index in [0.717, 1.165) is 16.5 Å². The van der Waals surface area contributed by atoms with Crippen molar-refractivity contribution in [3.63, 3.8) is 0 Å². The molecule has 0 saturated carbocycles. The minimum atomic E-state index is -3.52. The van der Waals surface area contributed by atoms with Crippen molar-refractivity contribution in [3.8, 4) is 5.75 Å². The van der Waals surface area contributed by atoms with Gasteiger partial charge in [0, 0.05) is 30.0 Å². The molecule has 1 aromatic heterocycles. The molecule has 33 heavy (non-hydrogen) atoms. The first-order valence-electron chi connectivity index (χ1n) is 11.0. The van der Waals surface area contributed by atoms with Crippen molar-refractivity contribution in [1.82, 2.24) is 4.72 Å². The van der Waals surface area contributed by atoms with Crippen LogP contribution in [0.1, 0.15) is 49.3 Å². The lowest BCUT2D eigenvalue weighted by molar-refractivity contribution is -0.134. The van der Waals surface area contributed by atoms with Gasteiger partial charge < -0.3 is 9.15 Å². The summed E-state index contributed by atoms with van der Waals surface area (Å²) in [4.78, 5) is 24.3. The number of unbranched alkanes of at least 4 members (excludes halogenated alkanes) is 2. The highest BCUT2D eigenvalue weighted by Gasteiger charge is 2.15. The Hall–Kier alpha value is -2.97. The molecule has 0 unspecified atom stereocenters. The molecule has 3 aromatic rings. The summed E-state index contributed by atoms with van der Waals surface area (Å²) in [6.07, 6.45) is 2.77. The van der Waals surface area contributed by atoms with E-state index in [1.807, 2.05) is 13.8 Å². The molecule has 0 saturated heterocycles. The number of fused-ring (bicyclic) bond motifs is 1. The first kappa shape index (κ1) is 24.7. The maximum atomic E-state index is 12.3. The Morgan fingerprint density at radius 3 is 2.45 bits per heavy atom. The van der Waals surface area contributed by atoms with Crippen molar-refractivity contribution in [1.29, 1.82) is 0 Å².